The molecule has 1 aromatic carbocycles. The zero-order valence-corrected chi connectivity index (χ0v) is 15.4. The van der Waals surface area contributed by atoms with Crippen molar-refractivity contribution in [3.63, 3.8) is 0 Å². The Morgan fingerprint density at radius 3 is 2.33 bits per heavy atom. The molecule has 0 bridgehead atoms. The lowest BCUT2D eigenvalue weighted by atomic mass is 10.1. The van der Waals surface area contributed by atoms with Crippen LogP contribution in [0.3, 0.4) is 0 Å². The molecule has 3 rings (SSSR count). The molecule has 0 spiro atoms. The number of methoxy groups -OCH3 is 3. The maximum absolute atomic E-state index is 13.2. The fraction of sp³-hybridized carbons (Fsp3) is 0.375. The molecule has 0 fully saturated rings. The number of nitrogens with zero attached hydrogens (tertiary/aromatic N) is 1. The normalized spacial score (nSPS) is 15.0. The van der Waals surface area contributed by atoms with Crippen molar-refractivity contribution in [2.45, 2.75) is 17.9 Å². The fourth-order valence-electron chi connectivity index (χ4n) is 2.78. The Labute approximate surface area is 145 Å². The second-order valence-corrected chi connectivity index (χ2v) is 8.19. The summed E-state index contributed by atoms with van der Waals surface area (Å²) in [5, 5.41) is 2.00. The number of hydrogen-bond donors (Lipinski definition) is 0. The molecule has 0 amide bonds. The lowest BCUT2D eigenvalue weighted by Crippen LogP contribution is -2.35. The molecule has 0 saturated heterocycles. The smallest absolute Gasteiger partial charge is 0.250 e. The maximum Gasteiger partial charge on any atom is 0.250 e. The molecule has 0 N–H and O–H groups in total. The van der Waals surface area contributed by atoms with Crippen molar-refractivity contribution >= 4 is 21.4 Å². The molecular weight excluding hydrogens is 350 g/mol. The molecule has 0 atom stereocenters. The van der Waals surface area contributed by atoms with Crippen molar-refractivity contribution in [1.29, 1.82) is 0 Å². The summed E-state index contributed by atoms with van der Waals surface area (Å²) in [5.41, 5.74) is 1.22. The quantitative estimate of drug-likeness (QED) is 0.810. The van der Waals surface area contributed by atoms with Gasteiger partial charge in [0, 0.05) is 30.1 Å². The summed E-state index contributed by atoms with van der Waals surface area (Å²) in [6.07, 6.45) is 0.707. The van der Waals surface area contributed by atoms with E-state index in [4.69, 9.17) is 14.2 Å². The highest BCUT2D eigenvalue weighted by Gasteiger charge is 2.34. The molecule has 0 saturated carbocycles. The van der Waals surface area contributed by atoms with Gasteiger partial charge in [-0.1, -0.05) is 0 Å². The van der Waals surface area contributed by atoms with Crippen molar-refractivity contribution < 1.29 is 22.6 Å². The van der Waals surface area contributed by atoms with E-state index >= 15 is 0 Å². The van der Waals surface area contributed by atoms with Crippen LogP contribution < -0.4 is 14.2 Å². The zero-order chi connectivity index (χ0) is 17.3. The number of fused-ring (bicyclic) bond motifs is 1. The molecule has 24 heavy (non-hydrogen) atoms. The summed E-state index contributed by atoms with van der Waals surface area (Å²) in [4.78, 5) is 1.12. The van der Waals surface area contributed by atoms with E-state index < -0.39 is 10.0 Å². The van der Waals surface area contributed by atoms with Crippen LogP contribution in [0, 0.1) is 0 Å². The molecule has 2 aromatic rings. The Morgan fingerprint density at radius 1 is 1.08 bits per heavy atom. The van der Waals surface area contributed by atoms with E-state index in [-0.39, 0.29) is 16.4 Å². The van der Waals surface area contributed by atoms with Gasteiger partial charge in [0.2, 0.25) is 0 Å². The molecule has 0 unspecified atom stereocenters. The van der Waals surface area contributed by atoms with Gasteiger partial charge in [-0.25, -0.2) is 8.42 Å². The highest BCUT2D eigenvalue weighted by molar-refractivity contribution is 7.89. The Morgan fingerprint density at radius 2 is 1.75 bits per heavy atom. The van der Waals surface area contributed by atoms with E-state index in [1.54, 1.807) is 23.5 Å². The first kappa shape index (κ1) is 17.1. The molecule has 0 radical (unpaired) electrons. The van der Waals surface area contributed by atoms with Crippen LogP contribution in [0.25, 0.3) is 0 Å². The number of benzene rings is 1. The van der Waals surface area contributed by atoms with Gasteiger partial charge in [0.1, 0.15) is 17.2 Å². The van der Waals surface area contributed by atoms with Crippen LogP contribution in [-0.2, 0) is 23.0 Å². The Kier molecular flexibility index (Phi) is 4.71. The molecular formula is C16H19NO5S2. The van der Waals surface area contributed by atoms with Gasteiger partial charge in [-0.3, -0.25) is 0 Å². The third-order valence-corrected chi connectivity index (χ3v) is 6.91. The molecule has 2 heterocycles. The summed E-state index contributed by atoms with van der Waals surface area (Å²) in [6, 6.07) is 5.16. The minimum Gasteiger partial charge on any atom is -0.496 e. The van der Waals surface area contributed by atoms with Crippen LogP contribution in [0.2, 0.25) is 0 Å². The molecule has 130 valence electrons. The van der Waals surface area contributed by atoms with Crippen LogP contribution >= 0.6 is 11.3 Å². The average molecular weight is 369 g/mol. The van der Waals surface area contributed by atoms with Gasteiger partial charge in [0.15, 0.2) is 4.90 Å². The topological polar surface area (TPSA) is 65.1 Å². The van der Waals surface area contributed by atoms with Gasteiger partial charge in [-0.15, -0.1) is 11.3 Å². The summed E-state index contributed by atoms with van der Waals surface area (Å²) >= 11 is 1.58. The minimum atomic E-state index is -3.76. The fourth-order valence-corrected chi connectivity index (χ4v) is 5.49. The van der Waals surface area contributed by atoms with E-state index in [9.17, 15) is 8.42 Å². The first-order valence-corrected chi connectivity index (χ1v) is 9.68. The summed E-state index contributed by atoms with van der Waals surface area (Å²) in [7, 11) is 0.609. The van der Waals surface area contributed by atoms with Gasteiger partial charge < -0.3 is 14.2 Å². The Balaban J connectivity index is 2.07. The number of thiophene rings is 1. The second-order valence-electron chi connectivity index (χ2n) is 5.32. The summed E-state index contributed by atoms with van der Waals surface area (Å²) in [6.45, 7) is 0.804. The SMILES string of the molecule is COc1cc(OC)c(S(=O)(=O)N2CCc3ccsc3C2)c(OC)c1. The number of sulfonamides is 1. The van der Waals surface area contributed by atoms with E-state index in [0.717, 1.165) is 4.88 Å². The maximum atomic E-state index is 13.2. The summed E-state index contributed by atoms with van der Waals surface area (Å²) < 4.78 is 43.7. The highest BCUT2D eigenvalue weighted by atomic mass is 32.2. The number of rotatable bonds is 5. The predicted molar refractivity (Wildman–Crippen MR) is 91.7 cm³/mol. The lowest BCUT2D eigenvalue weighted by molar-refractivity contribution is 0.349. The van der Waals surface area contributed by atoms with Gasteiger partial charge in [-0.2, -0.15) is 4.31 Å². The molecule has 6 nitrogen and oxygen atoms in total. The van der Waals surface area contributed by atoms with E-state index in [2.05, 4.69) is 6.07 Å². The van der Waals surface area contributed by atoms with Crippen LogP contribution in [0.5, 0.6) is 17.2 Å². The Bertz CT molecular complexity index is 819. The number of ether oxygens (including phenoxy) is 3. The standard InChI is InChI=1S/C16H19NO5S2/c1-20-12-8-13(21-2)16(14(9-12)22-3)24(18,19)17-6-4-11-5-7-23-15(11)10-17/h5,7-9H,4,6,10H2,1-3H3. The van der Waals surface area contributed by atoms with Crippen molar-refractivity contribution in [3.05, 3.63) is 34.0 Å². The van der Waals surface area contributed by atoms with Crippen molar-refractivity contribution in [2.24, 2.45) is 0 Å². The first-order valence-electron chi connectivity index (χ1n) is 7.36. The largest absolute Gasteiger partial charge is 0.496 e. The third kappa shape index (κ3) is 2.85. The van der Waals surface area contributed by atoms with E-state index in [1.807, 2.05) is 5.38 Å². The van der Waals surface area contributed by atoms with Crippen LogP contribution in [0.15, 0.2) is 28.5 Å². The van der Waals surface area contributed by atoms with E-state index in [0.29, 0.717) is 25.3 Å². The molecule has 8 heteroatoms. The lowest BCUT2D eigenvalue weighted by Gasteiger charge is -2.27. The minimum absolute atomic E-state index is 0.0355. The first-order chi connectivity index (χ1) is 11.5. The van der Waals surface area contributed by atoms with Gasteiger partial charge >= 0.3 is 0 Å². The average Bonchev–Trinajstić information content (AvgIpc) is 3.07. The van der Waals surface area contributed by atoms with Gasteiger partial charge in [0.05, 0.1) is 21.3 Å². The van der Waals surface area contributed by atoms with E-state index in [1.165, 1.54) is 31.2 Å². The van der Waals surface area contributed by atoms with Gasteiger partial charge in [-0.05, 0) is 23.4 Å². The second kappa shape index (κ2) is 6.62. The number of hydrogen-bond acceptors (Lipinski definition) is 6. The van der Waals surface area contributed by atoms with Crippen molar-refractivity contribution in [3.8, 4) is 17.2 Å². The predicted octanol–water partition coefficient (Wildman–Crippen LogP) is 2.52. The van der Waals surface area contributed by atoms with Crippen LogP contribution in [-0.4, -0.2) is 40.6 Å². The zero-order valence-electron chi connectivity index (χ0n) is 13.7. The van der Waals surface area contributed by atoms with Crippen LogP contribution in [0.1, 0.15) is 10.4 Å². The molecule has 1 aromatic heterocycles. The highest BCUT2D eigenvalue weighted by Crippen LogP contribution is 2.40. The summed E-state index contributed by atoms with van der Waals surface area (Å²) in [5.74, 6) is 0.896. The third-order valence-electron chi connectivity index (χ3n) is 4.06. The van der Waals surface area contributed by atoms with Gasteiger partial charge in [0.25, 0.3) is 10.0 Å². The molecule has 0 aliphatic carbocycles. The monoisotopic (exact) mass is 369 g/mol. The Hall–Kier alpha value is -1.77. The van der Waals surface area contributed by atoms with Crippen molar-refractivity contribution in [1.82, 2.24) is 4.31 Å². The van der Waals surface area contributed by atoms with Crippen LogP contribution in [0.4, 0.5) is 0 Å². The van der Waals surface area contributed by atoms with Crippen molar-refractivity contribution in [2.75, 3.05) is 27.9 Å². The molecule has 1 aliphatic heterocycles. The molecule has 1 aliphatic rings.